The third-order valence-corrected chi connectivity index (χ3v) is 3.65. The van der Waals surface area contributed by atoms with Crippen molar-refractivity contribution in [1.82, 2.24) is 0 Å². The standard InChI is InChI=1S/C12H10O2S2/c1-14-11-5-7-16-12(11)10(13)3-2-9-4-6-15-8-9/h2-8H,1H3. The Bertz CT molecular complexity index is 495. The number of carbonyl (C=O) groups excluding carboxylic acids is 1. The Morgan fingerprint density at radius 2 is 2.25 bits per heavy atom. The van der Waals surface area contributed by atoms with E-state index in [4.69, 9.17) is 4.74 Å². The van der Waals surface area contributed by atoms with Crippen molar-refractivity contribution in [2.75, 3.05) is 7.11 Å². The Balaban J connectivity index is 2.14. The van der Waals surface area contributed by atoms with Gasteiger partial charge in [0.15, 0.2) is 5.78 Å². The summed E-state index contributed by atoms with van der Waals surface area (Å²) in [5.41, 5.74) is 1.05. The van der Waals surface area contributed by atoms with E-state index < -0.39 is 0 Å². The van der Waals surface area contributed by atoms with Crippen molar-refractivity contribution in [2.24, 2.45) is 0 Å². The monoisotopic (exact) mass is 250 g/mol. The maximum absolute atomic E-state index is 11.8. The fraction of sp³-hybridized carbons (Fsp3) is 0.0833. The quantitative estimate of drug-likeness (QED) is 0.610. The van der Waals surface area contributed by atoms with Crippen LogP contribution in [-0.4, -0.2) is 12.9 Å². The van der Waals surface area contributed by atoms with E-state index in [1.807, 2.05) is 28.3 Å². The molecule has 0 unspecified atom stereocenters. The number of carbonyl (C=O) groups is 1. The fourth-order valence-electron chi connectivity index (χ4n) is 1.26. The first-order chi connectivity index (χ1) is 7.81. The lowest BCUT2D eigenvalue weighted by molar-refractivity contribution is 0.104. The number of methoxy groups -OCH3 is 1. The van der Waals surface area contributed by atoms with E-state index in [0.717, 1.165) is 5.56 Å². The van der Waals surface area contributed by atoms with Crippen molar-refractivity contribution in [3.63, 3.8) is 0 Å². The lowest BCUT2D eigenvalue weighted by Gasteiger charge is -1.97. The molecule has 0 saturated carbocycles. The average molecular weight is 250 g/mol. The molecule has 0 fully saturated rings. The summed E-state index contributed by atoms with van der Waals surface area (Å²) in [5, 5.41) is 5.83. The normalized spacial score (nSPS) is 10.8. The third kappa shape index (κ3) is 2.40. The van der Waals surface area contributed by atoms with Gasteiger partial charge in [-0.1, -0.05) is 6.08 Å². The van der Waals surface area contributed by atoms with E-state index in [1.165, 1.54) is 11.3 Å². The highest BCUT2D eigenvalue weighted by atomic mass is 32.1. The molecule has 0 aromatic carbocycles. The lowest BCUT2D eigenvalue weighted by Crippen LogP contribution is -1.93. The van der Waals surface area contributed by atoms with Gasteiger partial charge in [-0.05, 0) is 39.9 Å². The second-order valence-corrected chi connectivity index (χ2v) is 4.77. The highest BCUT2D eigenvalue weighted by molar-refractivity contribution is 7.12. The molecule has 2 heterocycles. The molecule has 2 rings (SSSR count). The first kappa shape index (κ1) is 11.1. The predicted molar refractivity (Wildman–Crippen MR) is 68.6 cm³/mol. The van der Waals surface area contributed by atoms with Crippen molar-refractivity contribution in [3.05, 3.63) is 44.8 Å². The Kier molecular flexibility index (Phi) is 3.54. The zero-order valence-corrected chi connectivity index (χ0v) is 10.3. The van der Waals surface area contributed by atoms with Crippen LogP contribution in [0, 0.1) is 0 Å². The largest absolute Gasteiger partial charge is 0.495 e. The molecule has 0 aliphatic heterocycles. The van der Waals surface area contributed by atoms with Crippen LogP contribution in [0.5, 0.6) is 5.75 Å². The number of ether oxygens (including phenoxy) is 1. The molecule has 82 valence electrons. The van der Waals surface area contributed by atoms with E-state index in [2.05, 4.69) is 0 Å². The Hall–Kier alpha value is -1.39. The van der Waals surface area contributed by atoms with Gasteiger partial charge in [-0.25, -0.2) is 0 Å². The van der Waals surface area contributed by atoms with Crippen LogP contribution >= 0.6 is 22.7 Å². The second-order valence-electron chi connectivity index (χ2n) is 3.07. The van der Waals surface area contributed by atoms with Crippen LogP contribution < -0.4 is 4.74 Å². The van der Waals surface area contributed by atoms with Crippen molar-refractivity contribution in [2.45, 2.75) is 0 Å². The molecule has 0 bridgehead atoms. The number of rotatable bonds is 4. The van der Waals surface area contributed by atoms with Crippen molar-refractivity contribution < 1.29 is 9.53 Å². The second kappa shape index (κ2) is 5.09. The molecule has 16 heavy (non-hydrogen) atoms. The summed E-state index contributed by atoms with van der Waals surface area (Å²) >= 11 is 3.01. The summed E-state index contributed by atoms with van der Waals surface area (Å²) in [6.07, 6.45) is 3.40. The van der Waals surface area contributed by atoms with E-state index in [-0.39, 0.29) is 5.78 Å². The number of hydrogen-bond acceptors (Lipinski definition) is 4. The summed E-state index contributed by atoms with van der Waals surface area (Å²) in [6, 6.07) is 3.77. The Morgan fingerprint density at radius 1 is 1.38 bits per heavy atom. The third-order valence-electron chi connectivity index (χ3n) is 2.04. The van der Waals surface area contributed by atoms with Crippen molar-refractivity contribution in [3.8, 4) is 5.75 Å². The number of hydrogen-bond donors (Lipinski definition) is 0. The van der Waals surface area contributed by atoms with Gasteiger partial charge >= 0.3 is 0 Å². The first-order valence-corrected chi connectivity index (χ1v) is 6.49. The predicted octanol–water partition coefficient (Wildman–Crippen LogP) is 3.71. The zero-order chi connectivity index (χ0) is 11.4. The van der Waals surface area contributed by atoms with Gasteiger partial charge in [0.05, 0.1) is 7.11 Å². The van der Waals surface area contributed by atoms with E-state index in [9.17, 15) is 4.79 Å². The molecule has 2 aromatic heterocycles. The van der Waals surface area contributed by atoms with Crippen LogP contribution in [0.4, 0.5) is 0 Å². The molecule has 0 aliphatic rings. The maximum Gasteiger partial charge on any atom is 0.199 e. The van der Waals surface area contributed by atoms with Crippen LogP contribution in [0.2, 0.25) is 0 Å². The van der Waals surface area contributed by atoms with E-state index >= 15 is 0 Å². The van der Waals surface area contributed by atoms with Gasteiger partial charge in [0.1, 0.15) is 10.6 Å². The van der Waals surface area contributed by atoms with Gasteiger partial charge in [-0.2, -0.15) is 11.3 Å². The van der Waals surface area contributed by atoms with E-state index in [1.54, 1.807) is 30.6 Å². The minimum atomic E-state index is -0.0157. The van der Waals surface area contributed by atoms with Gasteiger partial charge in [0.25, 0.3) is 0 Å². The zero-order valence-electron chi connectivity index (χ0n) is 8.67. The number of allylic oxidation sites excluding steroid dienone is 1. The van der Waals surface area contributed by atoms with Gasteiger partial charge < -0.3 is 4.74 Å². The molecular weight excluding hydrogens is 240 g/mol. The fourth-order valence-corrected chi connectivity index (χ4v) is 2.66. The van der Waals surface area contributed by atoms with Gasteiger partial charge in [-0.15, -0.1) is 11.3 Å². The van der Waals surface area contributed by atoms with Crippen molar-refractivity contribution in [1.29, 1.82) is 0 Å². The molecule has 2 nitrogen and oxygen atoms in total. The summed E-state index contributed by atoms with van der Waals surface area (Å²) in [7, 11) is 1.57. The average Bonchev–Trinajstić information content (AvgIpc) is 2.96. The SMILES string of the molecule is COc1ccsc1C(=O)C=Cc1ccsc1. The Morgan fingerprint density at radius 3 is 2.94 bits per heavy atom. The number of ketones is 1. The molecule has 0 amide bonds. The summed E-state index contributed by atoms with van der Waals surface area (Å²) in [5.74, 6) is 0.628. The van der Waals surface area contributed by atoms with Gasteiger partial charge in [-0.3, -0.25) is 4.79 Å². The van der Waals surface area contributed by atoms with Crippen molar-refractivity contribution >= 4 is 34.5 Å². The molecule has 0 aliphatic carbocycles. The summed E-state index contributed by atoms with van der Waals surface area (Å²) in [6.45, 7) is 0. The lowest BCUT2D eigenvalue weighted by atomic mass is 10.2. The van der Waals surface area contributed by atoms with Crippen LogP contribution in [0.1, 0.15) is 15.2 Å². The molecule has 0 atom stereocenters. The molecule has 2 aromatic rings. The van der Waals surface area contributed by atoms with Gasteiger partial charge in [0, 0.05) is 0 Å². The smallest absolute Gasteiger partial charge is 0.199 e. The van der Waals surface area contributed by atoms with Crippen LogP contribution in [0.3, 0.4) is 0 Å². The Labute approximate surface area is 102 Å². The van der Waals surface area contributed by atoms with Gasteiger partial charge in [0.2, 0.25) is 0 Å². The maximum atomic E-state index is 11.8. The molecule has 0 N–H and O–H groups in total. The number of thiophene rings is 2. The minimum Gasteiger partial charge on any atom is -0.495 e. The molecule has 0 radical (unpaired) electrons. The highest BCUT2D eigenvalue weighted by Crippen LogP contribution is 2.25. The topological polar surface area (TPSA) is 26.3 Å². The van der Waals surface area contributed by atoms with Crippen LogP contribution in [0.15, 0.2) is 34.3 Å². The van der Waals surface area contributed by atoms with Crippen LogP contribution in [0.25, 0.3) is 6.08 Å². The molecule has 4 heteroatoms. The summed E-state index contributed by atoms with van der Waals surface area (Å²) < 4.78 is 5.10. The molecule has 0 saturated heterocycles. The molecule has 0 spiro atoms. The summed E-state index contributed by atoms with van der Waals surface area (Å²) in [4.78, 5) is 12.5. The molecular formula is C12H10O2S2. The first-order valence-electron chi connectivity index (χ1n) is 4.67. The van der Waals surface area contributed by atoms with E-state index in [0.29, 0.717) is 10.6 Å². The minimum absolute atomic E-state index is 0.0157. The highest BCUT2D eigenvalue weighted by Gasteiger charge is 2.10. The van der Waals surface area contributed by atoms with Crippen LogP contribution in [-0.2, 0) is 0 Å².